The first-order valence-corrected chi connectivity index (χ1v) is 6.56. The number of benzene rings is 1. The van der Waals surface area contributed by atoms with Crippen LogP contribution in [0.2, 0.25) is 0 Å². The Labute approximate surface area is 101 Å². The molecule has 2 nitrogen and oxygen atoms in total. The number of anilines is 1. The van der Waals surface area contributed by atoms with E-state index >= 15 is 0 Å². The van der Waals surface area contributed by atoms with Gasteiger partial charge >= 0.3 is 0 Å². The summed E-state index contributed by atoms with van der Waals surface area (Å²) < 4.78 is 0. The second-order valence-corrected chi connectivity index (χ2v) is 5.94. The van der Waals surface area contributed by atoms with Crippen molar-refractivity contribution >= 4 is 17.4 Å². The topological polar surface area (TPSA) is 35.8 Å². The highest BCUT2D eigenvalue weighted by Gasteiger charge is 2.38. The number of rotatable bonds is 2. The van der Waals surface area contributed by atoms with Crippen molar-refractivity contribution in [2.24, 2.45) is 0 Å². The summed E-state index contributed by atoms with van der Waals surface area (Å²) in [7, 11) is 0. The third kappa shape index (κ3) is 2.33. The number of nitriles is 1. The number of hydrogen-bond donors (Lipinski definition) is 1. The summed E-state index contributed by atoms with van der Waals surface area (Å²) in [6.45, 7) is 4.25. The minimum atomic E-state index is -0.377. The fourth-order valence-electron chi connectivity index (χ4n) is 2.09. The van der Waals surface area contributed by atoms with Crippen molar-refractivity contribution in [1.82, 2.24) is 0 Å². The average Bonchev–Trinajstić information content (AvgIpc) is 2.61. The normalized spacial score (nSPS) is 28.7. The van der Waals surface area contributed by atoms with Gasteiger partial charge in [0.05, 0.1) is 6.07 Å². The fraction of sp³-hybridized carbons (Fsp3) is 0.462. The first kappa shape index (κ1) is 11.3. The van der Waals surface area contributed by atoms with Crippen LogP contribution in [-0.2, 0) is 0 Å². The predicted octanol–water partition coefficient (Wildman–Crippen LogP) is 3.19. The van der Waals surface area contributed by atoms with Crippen LogP contribution < -0.4 is 5.32 Å². The summed E-state index contributed by atoms with van der Waals surface area (Å²) in [6.07, 6.45) is 0.919. The summed E-state index contributed by atoms with van der Waals surface area (Å²) in [5.74, 6) is 0.874. The standard InChI is InChI=1S/C13H16N2S/c1-10-4-3-5-12(6-10)15-13(8-14)7-11(2)16-9-13/h3-6,11,15H,7,9H2,1-2H3. The van der Waals surface area contributed by atoms with E-state index < -0.39 is 0 Å². The molecule has 1 aromatic carbocycles. The lowest BCUT2D eigenvalue weighted by molar-refractivity contribution is 0.626. The molecule has 2 atom stereocenters. The first-order valence-electron chi connectivity index (χ1n) is 5.51. The summed E-state index contributed by atoms with van der Waals surface area (Å²) in [5.41, 5.74) is 1.89. The van der Waals surface area contributed by atoms with Gasteiger partial charge in [-0.15, -0.1) is 0 Å². The summed E-state index contributed by atoms with van der Waals surface area (Å²) in [4.78, 5) is 0. The van der Waals surface area contributed by atoms with Gasteiger partial charge in [-0.1, -0.05) is 19.1 Å². The molecule has 0 bridgehead atoms. The molecule has 0 aromatic heterocycles. The first-order chi connectivity index (χ1) is 7.63. The molecule has 1 N–H and O–H groups in total. The molecule has 1 fully saturated rings. The molecule has 1 heterocycles. The van der Waals surface area contributed by atoms with Crippen molar-refractivity contribution in [2.45, 2.75) is 31.1 Å². The molecular weight excluding hydrogens is 216 g/mol. The summed E-state index contributed by atoms with van der Waals surface area (Å²) in [5, 5.41) is 13.3. The van der Waals surface area contributed by atoms with E-state index in [2.05, 4.69) is 37.4 Å². The molecule has 1 aromatic rings. The van der Waals surface area contributed by atoms with Gasteiger partial charge in [0, 0.05) is 16.7 Å². The monoisotopic (exact) mass is 232 g/mol. The van der Waals surface area contributed by atoms with Gasteiger partial charge in [-0.25, -0.2) is 0 Å². The fourth-order valence-corrected chi connectivity index (χ4v) is 3.31. The van der Waals surface area contributed by atoms with E-state index in [1.807, 2.05) is 23.9 Å². The lowest BCUT2D eigenvalue weighted by atomic mass is 9.97. The molecule has 1 aliphatic rings. The Balaban J connectivity index is 2.17. The van der Waals surface area contributed by atoms with Gasteiger partial charge in [0.25, 0.3) is 0 Å². The Hall–Kier alpha value is -1.14. The maximum absolute atomic E-state index is 9.34. The van der Waals surface area contributed by atoms with Crippen molar-refractivity contribution in [1.29, 1.82) is 5.26 Å². The van der Waals surface area contributed by atoms with Gasteiger partial charge < -0.3 is 5.32 Å². The zero-order valence-electron chi connectivity index (χ0n) is 9.66. The largest absolute Gasteiger partial charge is 0.367 e. The third-order valence-corrected chi connectivity index (χ3v) is 4.26. The summed E-state index contributed by atoms with van der Waals surface area (Å²) >= 11 is 1.87. The highest BCUT2D eigenvalue weighted by Crippen LogP contribution is 2.36. The van der Waals surface area contributed by atoms with Crippen molar-refractivity contribution in [3.8, 4) is 6.07 Å². The molecule has 84 valence electrons. The van der Waals surface area contributed by atoms with Crippen LogP contribution in [0.3, 0.4) is 0 Å². The Kier molecular flexibility index (Phi) is 3.11. The van der Waals surface area contributed by atoms with E-state index in [0.717, 1.165) is 17.9 Å². The van der Waals surface area contributed by atoms with Gasteiger partial charge in [-0.2, -0.15) is 17.0 Å². The molecule has 3 heteroatoms. The van der Waals surface area contributed by atoms with E-state index in [9.17, 15) is 5.26 Å². The molecule has 2 rings (SSSR count). The van der Waals surface area contributed by atoms with Crippen LogP contribution in [-0.4, -0.2) is 16.5 Å². The predicted molar refractivity (Wildman–Crippen MR) is 69.7 cm³/mol. The molecular formula is C13H16N2S. The smallest absolute Gasteiger partial charge is 0.135 e. The number of aryl methyl sites for hydroxylation is 1. The van der Waals surface area contributed by atoms with E-state index in [1.165, 1.54) is 5.56 Å². The molecule has 1 aliphatic heterocycles. The number of thioether (sulfide) groups is 1. The van der Waals surface area contributed by atoms with Gasteiger partial charge in [-0.05, 0) is 31.0 Å². The minimum Gasteiger partial charge on any atom is -0.367 e. The SMILES string of the molecule is Cc1cccc(NC2(C#N)CSC(C)C2)c1. The molecule has 0 spiro atoms. The van der Waals surface area contributed by atoms with Gasteiger partial charge in [0.2, 0.25) is 0 Å². The molecule has 16 heavy (non-hydrogen) atoms. The Morgan fingerprint density at radius 2 is 2.38 bits per heavy atom. The zero-order chi connectivity index (χ0) is 11.6. The lowest BCUT2D eigenvalue weighted by Gasteiger charge is -2.23. The van der Waals surface area contributed by atoms with Crippen LogP contribution >= 0.6 is 11.8 Å². The van der Waals surface area contributed by atoms with Crippen LogP contribution in [0.4, 0.5) is 5.69 Å². The highest BCUT2D eigenvalue weighted by molar-refractivity contribution is 8.00. The van der Waals surface area contributed by atoms with E-state index in [1.54, 1.807) is 0 Å². The molecule has 0 amide bonds. The third-order valence-electron chi connectivity index (χ3n) is 2.87. The quantitative estimate of drug-likeness (QED) is 0.850. The van der Waals surface area contributed by atoms with Crippen molar-refractivity contribution in [3.05, 3.63) is 29.8 Å². The van der Waals surface area contributed by atoms with Crippen LogP contribution in [0.1, 0.15) is 18.9 Å². The highest BCUT2D eigenvalue weighted by atomic mass is 32.2. The van der Waals surface area contributed by atoms with Crippen LogP contribution in [0, 0.1) is 18.3 Å². The van der Waals surface area contributed by atoms with Crippen molar-refractivity contribution < 1.29 is 0 Å². The number of hydrogen-bond acceptors (Lipinski definition) is 3. The summed E-state index contributed by atoms with van der Waals surface area (Å²) in [6, 6.07) is 10.6. The van der Waals surface area contributed by atoms with Gasteiger partial charge in [0.1, 0.15) is 5.54 Å². The van der Waals surface area contributed by atoms with Crippen LogP contribution in [0.25, 0.3) is 0 Å². The van der Waals surface area contributed by atoms with Crippen LogP contribution in [0.15, 0.2) is 24.3 Å². The average molecular weight is 232 g/mol. The molecule has 0 radical (unpaired) electrons. The molecule has 1 saturated heterocycles. The minimum absolute atomic E-state index is 0.377. The van der Waals surface area contributed by atoms with E-state index in [4.69, 9.17) is 0 Å². The maximum atomic E-state index is 9.34. The van der Waals surface area contributed by atoms with Crippen LogP contribution in [0.5, 0.6) is 0 Å². The Bertz CT molecular complexity index is 424. The van der Waals surface area contributed by atoms with Gasteiger partial charge in [0.15, 0.2) is 0 Å². The Morgan fingerprint density at radius 3 is 2.94 bits per heavy atom. The maximum Gasteiger partial charge on any atom is 0.135 e. The molecule has 0 saturated carbocycles. The van der Waals surface area contributed by atoms with Crippen molar-refractivity contribution in [3.63, 3.8) is 0 Å². The van der Waals surface area contributed by atoms with E-state index in [0.29, 0.717) is 5.25 Å². The van der Waals surface area contributed by atoms with E-state index in [-0.39, 0.29) is 5.54 Å². The number of nitrogens with one attached hydrogen (secondary N) is 1. The Morgan fingerprint density at radius 1 is 1.56 bits per heavy atom. The zero-order valence-corrected chi connectivity index (χ0v) is 10.5. The molecule has 0 aliphatic carbocycles. The second kappa shape index (κ2) is 4.39. The molecule has 2 unspecified atom stereocenters. The second-order valence-electron chi connectivity index (χ2n) is 4.51. The lowest BCUT2D eigenvalue weighted by Crippen LogP contribution is -2.36. The van der Waals surface area contributed by atoms with Gasteiger partial charge in [-0.3, -0.25) is 0 Å². The van der Waals surface area contributed by atoms with Crippen molar-refractivity contribution in [2.75, 3.05) is 11.1 Å². The number of nitrogens with zero attached hydrogens (tertiary/aromatic N) is 1.